The number of rotatable bonds is 6. The molecule has 3 rings (SSSR count). The van der Waals surface area contributed by atoms with Crippen LogP contribution in [0.5, 0.6) is 0 Å². The first-order chi connectivity index (χ1) is 13.0. The minimum absolute atomic E-state index is 0.277. The van der Waals surface area contributed by atoms with Gasteiger partial charge in [-0.2, -0.15) is 0 Å². The van der Waals surface area contributed by atoms with E-state index in [9.17, 15) is 8.42 Å². The summed E-state index contributed by atoms with van der Waals surface area (Å²) in [4.78, 5) is 8.17. The van der Waals surface area contributed by atoms with Crippen LogP contribution in [0.3, 0.4) is 0 Å². The van der Waals surface area contributed by atoms with Crippen LogP contribution in [0, 0.1) is 5.92 Å². The number of piperidine rings is 1. The number of hydrogen-bond donors (Lipinski definition) is 2. The molecule has 1 aromatic heterocycles. The summed E-state index contributed by atoms with van der Waals surface area (Å²) in [6.07, 6.45) is 3.14. The van der Waals surface area contributed by atoms with E-state index in [4.69, 9.17) is 0 Å². The molecular formula is C18H31N5O2S2. The van der Waals surface area contributed by atoms with Crippen LogP contribution in [-0.4, -0.2) is 76.2 Å². The predicted molar refractivity (Wildman–Crippen MR) is 112 cm³/mol. The number of thiophene rings is 1. The first kappa shape index (κ1) is 20.6. The van der Waals surface area contributed by atoms with Crippen molar-refractivity contribution in [3.8, 4) is 0 Å². The number of sulfonamides is 1. The molecule has 2 saturated heterocycles. The first-order valence-electron chi connectivity index (χ1n) is 9.67. The molecule has 2 unspecified atom stereocenters. The standard InChI is InChI=1S/C18H31N5O2S2/c1-19-18(20-8-11-23-10-5-13-27(23,24)25)21-14-15-6-3-9-22(2)17(15)16-7-4-12-26-16/h4,7,12,15,17H,3,5-6,8-11,13-14H2,1-2H3,(H2,19,20,21). The van der Waals surface area contributed by atoms with Gasteiger partial charge in [0.15, 0.2) is 5.96 Å². The van der Waals surface area contributed by atoms with E-state index in [0.717, 1.165) is 25.5 Å². The Balaban J connectivity index is 1.49. The van der Waals surface area contributed by atoms with Crippen LogP contribution < -0.4 is 10.6 Å². The Hall–Kier alpha value is -1.16. The molecule has 2 atom stereocenters. The number of likely N-dealkylation sites (tertiary alicyclic amines) is 1. The average Bonchev–Trinajstić information content (AvgIpc) is 3.27. The normalized spacial score (nSPS) is 27.0. The third kappa shape index (κ3) is 5.22. The van der Waals surface area contributed by atoms with Gasteiger partial charge in [-0.3, -0.25) is 9.89 Å². The molecule has 152 valence electrons. The van der Waals surface area contributed by atoms with Gasteiger partial charge in [0, 0.05) is 44.1 Å². The highest BCUT2D eigenvalue weighted by molar-refractivity contribution is 7.89. The van der Waals surface area contributed by atoms with Gasteiger partial charge in [-0.15, -0.1) is 11.3 Å². The van der Waals surface area contributed by atoms with Crippen molar-refractivity contribution >= 4 is 27.3 Å². The molecular weight excluding hydrogens is 382 g/mol. The van der Waals surface area contributed by atoms with Crippen LogP contribution in [0.1, 0.15) is 30.2 Å². The first-order valence-corrected chi connectivity index (χ1v) is 12.2. The molecule has 0 radical (unpaired) electrons. The Labute approximate surface area is 166 Å². The molecule has 7 nitrogen and oxygen atoms in total. The van der Waals surface area contributed by atoms with E-state index in [1.165, 1.54) is 17.7 Å². The van der Waals surface area contributed by atoms with Crippen LogP contribution in [0.15, 0.2) is 22.5 Å². The Bertz CT molecular complexity index is 720. The molecule has 3 heterocycles. The van der Waals surface area contributed by atoms with Crippen LogP contribution in [-0.2, 0) is 10.0 Å². The third-order valence-corrected chi connectivity index (χ3v) is 8.35. The zero-order chi connectivity index (χ0) is 19.3. The van der Waals surface area contributed by atoms with E-state index in [-0.39, 0.29) is 5.75 Å². The average molecular weight is 414 g/mol. The fourth-order valence-electron chi connectivity index (χ4n) is 4.07. The number of guanidine groups is 1. The van der Waals surface area contributed by atoms with E-state index < -0.39 is 10.0 Å². The molecule has 2 fully saturated rings. The molecule has 1 aromatic rings. The highest BCUT2D eigenvalue weighted by atomic mass is 32.2. The van der Waals surface area contributed by atoms with E-state index >= 15 is 0 Å². The summed E-state index contributed by atoms with van der Waals surface area (Å²) in [6.45, 7) is 3.68. The maximum Gasteiger partial charge on any atom is 0.214 e. The summed E-state index contributed by atoms with van der Waals surface area (Å²) in [5.41, 5.74) is 0. The van der Waals surface area contributed by atoms with Crippen molar-refractivity contribution in [3.63, 3.8) is 0 Å². The molecule has 2 aliphatic heterocycles. The van der Waals surface area contributed by atoms with Crippen LogP contribution in [0.25, 0.3) is 0 Å². The van der Waals surface area contributed by atoms with Crippen molar-refractivity contribution in [3.05, 3.63) is 22.4 Å². The molecule has 0 aliphatic carbocycles. The summed E-state index contributed by atoms with van der Waals surface area (Å²) >= 11 is 1.83. The second-order valence-corrected chi connectivity index (χ2v) is 10.4. The zero-order valence-electron chi connectivity index (χ0n) is 16.2. The minimum Gasteiger partial charge on any atom is -0.356 e. The maximum absolute atomic E-state index is 11.9. The van der Waals surface area contributed by atoms with Crippen molar-refractivity contribution in [2.75, 3.05) is 52.6 Å². The van der Waals surface area contributed by atoms with Gasteiger partial charge in [-0.1, -0.05) is 6.07 Å². The van der Waals surface area contributed by atoms with Crippen LogP contribution in [0.2, 0.25) is 0 Å². The largest absolute Gasteiger partial charge is 0.356 e. The fourth-order valence-corrected chi connectivity index (χ4v) is 6.58. The monoisotopic (exact) mass is 413 g/mol. The van der Waals surface area contributed by atoms with Crippen LogP contribution in [0.4, 0.5) is 0 Å². The molecule has 0 amide bonds. The van der Waals surface area contributed by atoms with Crippen molar-refractivity contribution in [1.29, 1.82) is 0 Å². The lowest BCUT2D eigenvalue weighted by molar-refractivity contribution is 0.125. The second kappa shape index (κ2) is 9.36. The summed E-state index contributed by atoms with van der Waals surface area (Å²) < 4.78 is 25.3. The number of nitrogens with zero attached hydrogens (tertiary/aromatic N) is 3. The van der Waals surface area contributed by atoms with E-state index in [1.807, 2.05) is 11.3 Å². The summed E-state index contributed by atoms with van der Waals surface area (Å²) in [7, 11) is 0.933. The lowest BCUT2D eigenvalue weighted by Gasteiger charge is -2.39. The molecule has 0 spiro atoms. The Morgan fingerprint density at radius 1 is 1.33 bits per heavy atom. The quantitative estimate of drug-likeness (QED) is 0.544. The zero-order valence-corrected chi connectivity index (χ0v) is 17.9. The molecule has 0 bridgehead atoms. The Morgan fingerprint density at radius 2 is 2.19 bits per heavy atom. The molecule has 2 N–H and O–H groups in total. The van der Waals surface area contributed by atoms with Gasteiger partial charge in [0.2, 0.25) is 10.0 Å². The van der Waals surface area contributed by atoms with Crippen LogP contribution >= 0.6 is 11.3 Å². The highest BCUT2D eigenvalue weighted by Crippen LogP contribution is 2.36. The molecule has 2 aliphatic rings. The van der Waals surface area contributed by atoms with Gasteiger partial charge >= 0.3 is 0 Å². The van der Waals surface area contributed by atoms with Crippen molar-refractivity contribution in [1.82, 2.24) is 19.8 Å². The fraction of sp³-hybridized carbons (Fsp3) is 0.722. The summed E-state index contributed by atoms with van der Waals surface area (Å²) in [6, 6.07) is 4.80. The van der Waals surface area contributed by atoms with Gasteiger partial charge in [0.25, 0.3) is 0 Å². The highest BCUT2D eigenvalue weighted by Gasteiger charge is 2.31. The maximum atomic E-state index is 11.9. The number of hydrogen-bond acceptors (Lipinski definition) is 5. The van der Waals surface area contributed by atoms with E-state index in [2.05, 4.69) is 45.1 Å². The number of aliphatic imine (C=N–C) groups is 1. The Morgan fingerprint density at radius 3 is 2.85 bits per heavy atom. The minimum atomic E-state index is -3.03. The lowest BCUT2D eigenvalue weighted by Crippen LogP contribution is -2.46. The van der Waals surface area contributed by atoms with E-state index in [0.29, 0.717) is 31.6 Å². The SMILES string of the molecule is CN=C(NCCN1CCCS1(=O)=O)NCC1CCCN(C)C1c1cccs1. The Kier molecular flexibility index (Phi) is 7.13. The van der Waals surface area contributed by atoms with E-state index in [1.54, 1.807) is 11.4 Å². The van der Waals surface area contributed by atoms with Gasteiger partial charge in [0.05, 0.1) is 5.75 Å². The smallest absolute Gasteiger partial charge is 0.214 e. The number of nitrogens with one attached hydrogen (secondary N) is 2. The van der Waals surface area contributed by atoms with Crippen molar-refractivity contribution < 1.29 is 8.42 Å². The van der Waals surface area contributed by atoms with Gasteiger partial charge in [-0.05, 0) is 50.2 Å². The van der Waals surface area contributed by atoms with Gasteiger partial charge in [0.1, 0.15) is 0 Å². The molecule has 27 heavy (non-hydrogen) atoms. The molecule has 0 aromatic carbocycles. The third-order valence-electron chi connectivity index (χ3n) is 5.45. The molecule has 9 heteroatoms. The predicted octanol–water partition coefficient (Wildman–Crippen LogP) is 1.33. The topological polar surface area (TPSA) is 77.0 Å². The van der Waals surface area contributed by atoms with Crippen molar-refractivity contribution in [2.24, 2.45) is 10.9 Å². The second-order valence-electron chi connectivity index (χ2n) is 7.29. The van der Waals surface area contributed by atoms with Crippen molar-refractivity contribution in [2.45, 2.75) is 25.3 Å². The lowest BCUT2D eigenvalue weighted by atomic mass is 9.88. The van der Waals surface area contributed by atoms with Gasteiger partial charge in [-0.25, -0.2) is 12.7 Å². The molecule has 0 saturated carbocycles. The summed E-state index contributed by atoms with van der Waals surface area (Å²) in [5.74, 6) is 1.55. The van der Waals surface area contributed by atoms with Gasteiger partial charge < -0.3 is 10.6 Å². The summed E-state index contributed by atoms with van der Waals surface area (Å²) in [5, 5.41) is 8.85.